The van der Waals surface area contributed by atoms with Gasteiger partial charge < -0.3 is 19.4 Å². The third-order valence-electron chi connectivity index (χ3n) is 4.06. The van der Waals surface area contributed by atoms with Crippen LogP contribution in [0.4, 0.5) is 0 Å². The largest absolute Gasteiger partial charge is 0.486 e. The number of para-hydroxylation sites is 2. The minimum absolute atomic E-state index is 0.0161. The van der Waals surface area contributed by atoms with E-state index in [-0.39, 0.29) is 18.1 Å². The quantitative estimate of drug-likeness (QED) is 0.887. The van der Waals surface area contributed by atoms with Crippen LogP contribution in [0.2, 0.25) is 0 Å². The van der Waals surface area contributed by atoms with E-state index in [0.717, 1.165) is 17.9 Å². The summed E-state index contributed by atoms with van der Waals surface area (Å²) in [5, 5.41) is 3.01. The smallest absolute Gasteiger partial charge is 0.243 e. The van der Waals surface area contributed by atoms with Gasteiger partial charge in [-0.1, -0.05) is 26.0 Å². The van der Waals surface area contributed by atoms with Crippen LogP contribution in [0.5, 0.6) is 11.5 Å². The number of hydrogen-bond donors (Lipinski definition) is 1. The van der Waals surface area contributed by atoms with Crippen LogP contribution < -0.4 is 14.8 Å². The molecule has 0 bridgehead atoms. The molecule has 3 rings (SSSR count). The molecule has 0 aliphatic carbocycles. The summed E-state index contributed by atoms with van der Waals surface area (Å²) in [6.07, 6.45) is 4.49. The maximum absolute atomic E-state index is 12.6. The highest BCUT2D eigenvalue weighted by Gasteiger charge is 2.24. The Hall–Kier alpha value is -2.43. The Kier molecular flexibility index (Phi) is 5.08. The van der Waals surface area contributed by atoms with Crippen molar-refractivity contribution in [3.63, 3.8) is 0 Å². The van der Waals surface area contributed by atoms with Gasteiger partial charge in [-0.2, -0.15) is 0 Å². The highest BCUT2D eigenvalue weighted by Crippen LogP contribution is 2.30. The van der Waals surface area contributed by atoms with Gasteiger partial charge in [-0.25, -0.2) is 0 Å². The van der Waals surface area contributed by atoms with E-state index in [1.54, 1.807) is 0 Å². The van der Waals surface area contributed by atoms with Gasteiger partial charge in [0.15, 0.2) is 11.5 Å². The summed E-state index contributed by atoms with van der Waals surface area (Å²) < 4.78 is 13.5. The molecule has 1 aromatic heterocycles. The number of hydrogen-bond acceptors (Lipinski definition) is 3. The maximum Gasteiger partial charge on any atom is 0.243 e. The highest BCUT2D eigenvalue weighted by atomic mass is 16.6. The lowest BCUT2D eigenvalue weighted by Gasteiger charge is -2.27. The summed E-state index contributed by atoms with van der Waals surface area (Å²) in [6.45, 7) is 5.12. The lowest BCUT2D eigenvalue weighted by Crippen LogP contribution is -2.43. The van der Waals surface area contributed by atoms with Gasteiger partial charge in [0.1, 0.15) is 18.8 Å². The molecule has 1 amide bonds. The third kappa shape index (κ3) is 3.91. The first-order valence-electron chi connectivity index (χ1n) is 8.42. The Morgan fingerprint density at radius 2 is 1.92 bits per heavy atom. The predicted molar refractivity (Wildman–Crippen MR) is 92.3 cm³/mol. The number of nitrogens with zero attached hydrogens (tertiary/aromatic N) is 1. The molecule has 0 fully saturated rings. The van der Waals surface area contributed by atoms with Crippen LogP contribution >= 0.6 is 0 Å². The van der Waals surface area contributed by atoms with E-state index in [1.807, 2.05) is 53.4 Å². The molecule has 2 heterocycles. The van der Waals surface area contributed by atoms with Crippen molar-refractivity contribution in [2.24, 2.45) is 5.92 Å². The average Bonchev–Trinajstić information content (AvgIpc) is 3.11. The third-order valence-corrected chi connectivity index (χ3v) is 4.06. The molecule has 0 saturated heterocycles. The Labute approximate surface area is 142 Å². The van der Waals surface area contributed by atoms with Gasteiger partial charge in [0.25, 0.3) is 0 Å². The van der Waals surface area contributed by atoms with Gasteiger partial charge >= 0.3 is 0 Å². The van der Waals surface area contributed by atoms with Gasteiger partial charge in [0, 0.05) is 12.4 Å². The number of carbonyl (C=O) groups excluding carboxylic acids is 1. The van der Waals surface area contributed by atoms with Crippen LogP contribution in [0, 0.1) is 5.92 Å². The Bertz CT molecular complexity index is 667. The second kappa shape index (κ2) is 7.43. The number of fused-ring (bicyclic) bond motifs is 1. The van der Waals surface area contributed by atoms with Gasteiger partial charge in [0.05, 0.1) is 6.54 Å². The van der Waals surface area contributed by atoms with E-state index >= 15 is 0 Å². The second-order valence-corrected chi connectivity index (χ2v) is 6.52. The Balaban J connectivity index is 1.58. The Morgan fingerprint density at radius 1 is 1.21 bits per heavy atom. The van der Waals surface area contributed by atoms with Crippen LogP contribution in [0.15, 0.2) is 48.8 Å². The van der Waals surface area contributed by atoms with E-state index in [2.05, 4.69) is 19.2 Å². The van der Waals surface area contributed by atoms with Crippen molar-refractivity contribution in [1.29, 1.82) is 0 Å². The van der Waals surface area contributed by atoms with Gasteiger partial charge in [-0.3, -0.25) is 4.79 Å². The number of ether oxygens (including phenoxy) is 2. The molecule has 24 heavy (non-hydrogen) atoms. The van der Waals surface area contributed by atoms with Crippen LogP contribution in [-0.4, -0.2) is 29.7 Å². The van der Waals surface area contributed by atoms with Crippen LogP contribution in [0.1, 0.15) is 26.3 Å². The minimum atomic E-state index is -0.197. The zero-order valence-corrected chi connectivity index (χ0v) is 14.1. The molecule has 1 aromatic carbocycles. The predicted octanol–water partition coefficient (Wildman–Crippen LogP) is 3.03. The number of carbonyl (C=O) groups is 1. The molecule has 128 valence electrons. The summed E-state index contributed by atoms with van der Waals surface area (Å²) in [4.78, 5) is 12.6. The maximum atomic E-state index is 12.6. The van der Waals surface area contributed by atoms with E-state index < -0.39 is 0 Å². The van der Waals surface area contributed by atoms with Crippen molar-refractivity contribution < 1.29 is 14.3 Å². The molecule has 5 heteroatoms. The summed E-state index contributed by atoms with van der Waals surface area (Å²) in [7, 11) is 0. The zero-order chi connectivity index (χ0) is 16.9. The molecular formula is C19H24N2O3. The molecule has 1 aliphatic heterocycles. The molecule has 1 aliphatic rings. The summed E-state index contributed by atoms with van der Waals surface area (Å²) in [5.41, 5.74) is 0. The molecule has 0 saturated carbocycles. The number of rotatable bonds is 6. The van der Waals surface area contributed by atoms with E-state index in [4.69, 9.17) is 9.47 Å². The minimum Gasteiger partial charge on any atom is -0.486 e. The summed E-state index contributed by atoms with van der Waals surface area (Å²) in [5.74, 6) is 1.93. The van der Waals surface area contributed by atoms with Crippen molar-refractivity contribution in [2.75, 3.05) is 13.2 Å². The molecule has 2 atom stereocenters. The normalized spacial score (nSPS) is 17.5. The standard InChI is InChI=1S/C19H24N2O3/c1-14(2)11-16(21-9-5-6-10-21)19(22)20-12-15-13-23-17-7-3-4-8-18(17)24-15/h3-10,14-16H,11-13H2,1-2H3,(H,20,22)/t15?,16-/m0/s1. The molecule has 1 N–H and O–H groups in total. The first kappa shape index (κ1) is 16.4. The lowest BCUT2D eigenvalue weighted by atomic mass is 10.0. The van der Waals surface area contributed by atoms with Gasteiger partial charge in [0.2, 0.25) is 5.91 Å². The summed E-state index contributed by atoms with van der Waals surface area (Å²) >= 11 is 0. The molecule has 0 spiro atoms. The molecular weight excluding hydrogens is 304 g/mol. The molecule has 2 aromatic rings. The van der Waals surface area contributed by atoms with Gasteiger partial charge in [-0.15, -0.1) is 0 Å². The van der Waals surface area contributed by atoms with E-state index in [9.17, 15) is 4.79 Å². The topological polar surface area (TPSA) is 52.5 Å². The number of nitrogens with one attached hydrogen (secondary N) is 1. The van der Waals surface area contributed by atoms with E-state index in [1.165, 1.54) is 0 Å². The first-order valence-corrected chi connectivity index (χ1v) is 8.42. The lowest BCUT2D eigenvalue weighted by molar-refractivity contribution is -0.125. The number of amides is 1. The fourth-order valence-corrected chi connectivity index (χ4v) is 2.86. The molecule has 0 radical (unpaired) electrons. The SMILES string of the molecule is CC(C)C[C@@H](C(=O)NCC1COc2ccccc2O1)n1cccc1. The van der Waals surface area contributed by atoms with Crippen molar-refractivity contribution in [2.45, 2.75) is 32.4 Å². The first-order chi connectivity index (χ1) is 11.6. The van der Waals surface area contributed by atoms with Crippen molar-refractivity contribution >= 4 is 5.91 Å². The molecule has 5 nitrogen and oxygen atoms in total. The average molecular weight is 328 g/mol. The highest BCUT2D eigenvalue weighted by molar-refractivity contribution is 5.80. The van der Waals surface area contributed by atoms with Crippen molar-refractivity contribution in [1.82, 2.24) is 9.88 Å². The Morgan fingerprint density at radius 3 is 2.62 bits per heavy atom. The van der Waals surface area contributed by atoms with Crippen LogP contribution in [-0.2, 0) is 4.79 Å². The van der Waals surface area contributed by atoms with Crippen LogP contribution in [0.25, 0.3) is 0 Å². The number of benzene rings is 1. The van der Waals surface area contributed by atoms with E-state index in [0.29, 0.717) is 19.1 Å². The van der Waals surface area contributed by atoms with Crippen molar-refractivity contribution in [3.05, 3.63) is 48.8 Å². The summed E-state index contributed by atoms with van der Waals surface area (Å²) in [6, 6.07) is 11.3. The van der Waals surface area contributed by atoms with Crippen LogP contribution in [0.3, 0.4) is 0 Å². The van der Waals surface area contributed by atoms with Crippen molar-refractivity contribution in [3.8, 4) is 11.5 Å². The fraction of sp³-hybridized carbons (Fsp3) is 0.421. The zero-order valence-electron chi connectivity index (χ0n) is 14.1. The monoisotopic (exact) mass is 328 g/mol. The number of aromatic nitrogens is 1. The molecule has 1 unspecified atom stereocenters. The second-order valence-electron chi connectivity index (χ2n) is 6.52. The van der Waals surface area contributed by atoms with Gasteiger partial charge in [-0.05, 0) is 36.6 Å². The fourth-order valence-electron chi connectivity index (χ4n) is 2.86.